The van der Waals surface area contributed by atoms with Crippen molar-refractivity contribution in [2.45, 2.75) is 6.92 Å². The van der Waals surface area contributed by atoms with E-state index in [4.69, 9.17) is 0 Å². The molecule has 0 unspecified atom stereocenters. The Morgan fingerprint density at radius 3 is 3.00 bits per heavy atom. The van der Waals surface area contributed by atoms with Gasteiger partial charge in [-0.1, -0.05) is 4.49 Å². The number of nitrogens with zero attached hydrogens (tertiary/aromatic N) is 2. The summed E-state index contributed by atoms with van der Waals surface area (Å²) in [7, 11) is 0. The van der Waals surface area contributed by atoms with Crippen LogP contribution in [-0.2, 0) is 0 Å². The van der Waals surface area contributed by atoms with Crippen molar-refractivity contribution in [1.29, 1.82) is 0 Å². The summed E-state index contributed by atoms with van der Waals surface area (Å²) in [6, 6.07) is 1.37. The van der Waals surface area contributed by atoms with E-state index in [9.17, 15) is 9.59 Å². The second-order valence-electron chi connectivity index (χ2n) is 3.13. The molecule has 2 aromatic rings. The highest BCUT2D eigenvalue weighted by molar-refractivity contribution is 7.10. The summed E-state index contributed by atoms with van der Waals surface area (Å²) in [5, 5.41) is 6.61. The minimum absolute atomic E-state index is 0.0685. The van der Waals surface area contributed by atoms with Crippen molar-refractivity contribution in [2.75, 3.05) is 5.32 Å². The zero-order chi connectivity index (χ0) is 11.5. The predicted octanol–water partition coefficient (Wildman–Crippen LogP) is 0.787. The third kappa shape index (κ3) is 2.14. The summed E-state index contributed by atoms with van der Waals surface area (Å²) >= 11 is 1.05. The smallest absolute Gasteiger partial charge is 0.261 e. The van der Waals surface area contributed by atoms with Gasteiger partial charge in [-0.2, -0.15) is 0 Å². The third-order valence-corrected chi connectivity index (χ3v) is 2.48. The third-order valence-electron chi connectivity index (χ3n) is 1.90. The molecular weight excluding hydrogens is 228 g/mol. The van der Waals surface area contributed by atoms with Crippen molar-refractivity contribution in [3.05, 3.63) is 39.9 Å². The van der Waals surface area contributed by atoms with Gasteiger partial charge < -0.3 is 10.3 Å². The Bertz CT molecular complexity index is 561. The summed E-state index contributed by atoms with van der Waals surface area (Å²) in [6.45, 7) is 1.75. The Hall–Kier alpha value is -2.02. The summed E-state index contributed by atoms with van der Waals surface area (Å²) < 4.78 is 3.60. The number of H-pyrrole nitrogens is 1. The maximum Gasteiger partial charge on any atom is 0.261 e. The number of rotatable bonds is 2. The van der Waals surface area contributed by atoms with Gasteiger partial charge in [0.2, 0.25) is 0 Å². The maximum atomic E-state index is 11.7. The number of carbonyl (C=O) groups is 1. The van der Waals surface area contributed by atoms with Crippen LogP contribution in [0.2, 0.25) is 0 Å². The number of hydrogen-bond donors (Lipinski definition) is 2. The zero-order valence-corrected chi connectivity index (χ0v) is 9.17. The minimum Gasteiger partial charge on any atom is -0.364 e. The molecule has 0 saturated heterocycles. The van der Waals surface area contributed by atoms with Crippen LogP contribution in [0.25, 0.3) is 0 Å². The number of anilines is 1. The molecule has 0 aliphatic rings. The molecule has 2 heterocycles. The van der Waals surface area contributed by atoms with Gasteiger partial charge in [0.05, 0.1) is 6.20 Å². The monoisotopic (exact) mass is 236 g/mol. The average Bonchev–Trinajstić information content (AvgIpc) is 2.70. The van der Waals surface area contributed by atoms with Gasteiger partial charge in [-0.05, 0) is 6.92 Å². The number of aromatic amines is 1. The molecule has 0 fully saturated rings. The first-order valence-electron chi connectivity index (χ1n) is 4.45. The average molecular weight is 236 g/mol. The van der Waals surface area contributed by atoms with Crippen molar-refractivity contribution in [3.8, 4) is 0 Å². The van der Waals surface area contributed by atoms with Crippen LogP contribution in [0.4, 0.5) is 5.00 Å². The number of aryl methyl sites for hydroxylation is 1. The molecule has 2 N–H and O–H groups in total. The fraction of sp³-hybridized carbons (Fsp3) is 0.111. The van der Waals surface area contributed by atoms with Crippen LogP contribution in [0.3, 0.4) is 0 Å². The first-order valence-corrected chi connectivity index (χ1v) is 5.22. The van der Waals surface area contributed by atoms with E-state index in [0.717, 1.165) is 11.5 Å². The van der Waals surface area contributed by atoms with Crippen LogP contribution in [-0.4, -0.2) is 20.5 Å². The molecule has 16 heavy (non-hydrogen) atoms. The Balaban J connectivity index is 2.25. The molecule has 1 amide bonds. The van der Waals surface area contributed by atoms with E-state index in [0.29, 0.717) is 10.7 Å². The molecule has 0 spiro atoms. The Kier molecular flexibility index (Phi) is 2.78. The Morgan fingerprint density at radius 1 is 1.56 bits per heavy atom. The molecular formula is C9H8N4O2S. The molecule has 0 radical (unpaired) electrons. The highest BCUT2D eigenvalue weighted by Gasteiger charge is 2.11. The fourth-order valence-electron chi connectivity index (χ4n) is 1.15. The number of carbonyl (C=O) groups excluding carboxylic acids is 1. The van der Waals surface area contributed by atoms with E-state index in [1.165, 1.54) is 18.5 Å². The minimum atomic E-state index is -0.465. The van der Waals surface area contributed by atoms with E-state index in [-0.39, 0.29) is 11.0 Å². The molecule has 0 bridgehead atoms. The van der Waals surface area contributed by atoms with Crippen LogP contribution in [0, 0.1) is 6.92 Å². The molecule has 0 saturated carbocycles. The number of amides is 1. The topological polar surface area (TPSA) is 87.7 Å². The molecule has 0 aliphatic heterocycles. The van der Waals surface area contributed by atoms with Gasteiger partial charge in [0.1, 0.15) is 10.6 Å². The zero-order valence-electron chi connectivity index (χ0n) is 8.35. The molecule has 2 rings (SSSR count). The van der Waals surface area contributed by atoms with E-state index in [2.05, 4.69) is 19.9 Å². The second kappa shape index (κ2) is 4.23. The summed E-state index contributed by atoms with van der Waals surface area (Å²) in [6.07, 6.45) is 2.81. The molecule has 0 aromatic carbocycles. The largest absolute Gasteiger partial charge is 0.364 e. The summed E-state index contributed by atoms with van der Waals surface area (Å²) in [4.78, 5) is 26.0. The highest BCUT2D eigenvalue weighted by Crippen LogP contribution is 2.09. The molecule has 2 aromatic heterocycles. The predicted molar refractivity (Wildman–Crippen MR) is 59.7 cm³/mol. The maximum absolute atomic E-state index is 11.7. The van der Waals surface area contributed by atoms with Crippen LogP contribution in [0.15, 0.2) is 23.3 Å². The molecule has 6 nitrogen and oxygen atoms in total. The molecule has 0 atom stereocenters. The summed E-state index contributed by atoms with van der Waals surface area (Å²) in [5.41, 5.74) is 0.464. The van der Waals surface area contributed by atoms with E-state index in [1.54, 1.807) is 6.92 Å². The lowest BCUT2D eigenvalue weighted by Crippen LogP contribution is -2.21. The second-order valence-corrected chi connectivity index (χ2v) is 3.92. The number of nitrogens with one attached hydrogen (secondary N) is 2. The van der Waals surface area contributed by atoms with Gasteiger partial charge >= 0.3 is 0 Å². The van der Waals surface area contributed by atoms with Crippen molar-refractivity contribution >= 4 is 22.4 Å². The van der Waals surface area contributed by atoms with Crippen LogP contribution in [0.5, 0.6) is 0 Å². The highest BCUT2D eigenvalue weighted by atomic mass is 32.1. The molecule has 0 aliphatic carbocycles. The van der Waals surface area contributed by atoms with Crippen molar-refractivity contribution in [3.63, 3.8) is 0 Å². The first kappa shape index (κ1) is 10.5. The van der Waals surface area contributed by atoms with Crippen LogP contribution < -0.4 is 10.7 Å². The van der Waals surface area contributed by atoms with Crippen LogP contribution >= 0.6 is 11.5 Å². The van der Waals surface area contributed by atoms with Crippen molar-refractivity contribution < 1.29 is 4.79 Å². The molecule has 7 heteroatoms. The Morgan fingerprint density at radius 2 is 2.38 bits per heavy atom. The van der Waals surface area contributed by atoms with Crippen molar-refractivity contribution in [2.24, 2.45) is 0 Å². The first-order chi connectivity index (χ1) is 7.66. The van der Waals surface area contributed by atoms with Gasteiger partial charge in [0, 0.05) is 29.5 Å². The van der Waals surface area contributed by atoms with Gasteiger partial charge in [-0.25, -0.2) is 0 Å². The standard InChI is InChI=1S/C9H8N4O2S/c1-5-2-7(14)6(3-10-5)9(15)12-8-4-11-13-16-8/h2-4H,1H3,(H,10,14)(H,12,15). The Labute approximate surface area is 94.5 Å². The van der Waals surface area contributed by atoms with Gasteiger partial charge in [0.25, 0.3) is 5.91 Å². The van der Waals surface area contributed by atoms with Gasteiger partial charge in [0.15, 0.2) is 5.43 Å². The van der Waals surface area contributed by atoms with E-state index in [1.807, 2.05) is 0 Å². The number of pyridine rings is 1. The number of hydrogen-bond acceptors (Lipinski definition) is 5. The molecule has 82 valence electrons. The lowest BCUT2D eigenvalue weighted by atomic mass is 10.2. The lowest BCUT2D eigenvalue weighted by molar-refractivity contribution is 0.102. The van der Waals surface area contributed by atoms with Crippen molar-refractivity contribution in [1.82, 2.24) is 14.6 Å². The van der Waals surface area contributed by atoms with E-state index < -0.39 is 5.91 Å². The normalized spacial score (nSPS) is 10.1. The van der Waals surface area contributed by atoms with Gasteiger partial charge in [-0.15, -0.1) is 5.10 Å². The van der Waals surface area contributed by atoms with Gasteiger partial charge in [-0.3, -0.25) is 9.59 Å². The van der Waals surface area contributed by atoms with Crippen LogP contribution in [0.1, 0.15) is 16.1 Å². The lowest BCUT2D eigenvalue weighted by Gasteiger charge is -2.00. The number of aromatic nitrogens is 3. The summed E-state index contributed by atoms with van der Waals surface area (Å²) in [5.74, 6) is -0.465. The quantitative estimate of drug-likeness (QED) is 0.806. The SMILES string of the molecule is Cc1cc(=O)c(C(=O)Nc2cnns2)c[nH]1. The fourth-order valence-corrected chi connectivity index (χ4v) is 1.57. The van der Waals surface area contributed by atoms with E-state index >= 15 is 0 Å².